The summed E-state index contributed by atoms with van der Waals surface area (Å²) in [6, 6.07) is 13.0. The number of ether oxygens (including phenoxy) is 2. The van der Waals surface area contributed by atoms with Crippen molar-refractivity contribution in [3.8, 4) is 11.5 Å². The second-order valence-electron chi connectivity index (χ2n) is 15.4. The molecule has 3 N–H and O–H groups in total. The van der Waals surface area contributed by atoms with E-state index in [9.17, 15) is 19.5 Å². The lowest BCUT2D eigenvalue weighted by molar-refractivity contribution is -0.167. The average molecular weight is 700 g/mol. The highest BCUT2D eigenvalue weighted by Gasteiger charge is 2.72. The number of nitrogens with zero attached hydrogens (tertiary/aromatic N) is 3. The van der Waals surface area contributed by atoms with Gasteiger partial charge >= 0.3 is 12.0 Å². The zero-order valence-electron chi connectivity index (χ0n) is 30.8. The summed E-state index contributed by atoms with van der Waals surface area (Å²) >= 11 is 0. The third-order valence-corrected chi connectivity index (χ3v) is 11.8. The smallest absolute Gasteiger partial charge is 0.342 e. The lowest BCUT2D eigenvalue weighted by Crippen LogP contribution is -2.75. The molecule has 4 aliphatic rings. The Morgan fingerprint density at radius 1 is 1.02 bits per heavy atom. The average Bonchev–Trinajstić information content (AvgIpc) is 3.63. The van der Waals surface area contributed by atoms with Crippen molar-refractivity contribution in [2.75, 3.05) is 39.2 Å². The third kappa shape index (κ3) is 6.61. The van der Waals surface area contributed by atoms with E-state index in [-0.39, 0.29) is 17.7 Å². The maximum absolute atomic E-state index is 13.9. The monoisotopic (exact) mass is 699 g/mol. The van der Waals surface area contributed by atoms with E-state index in [4.69, 9.17) is 9.47 Å². The van der Waals surface area contributed by atoms with Crippen molar-refractivity contribution in [2.45, 2.75) is 89.0 Å². The summed E-state index contributed by atoms with van der Waals surface area (Å²) in [5.41, 5.74) is 1.14. The first-order chi connectivity index (χ1) is 24.4. The Kier molecular flexibility index (Phi) is 10.2. The van der Waals surface area contributed by atoms with Crippen LogP contribution < -0.4 is 20.1 Å². The number of methoxy groups -OCH3 is 2. The number of hydrogen-bond donors (Lipinski definition) is 3. The Morgan fingerprint density at radius 2 is 1.75 bits per heavy atom. The number of aromatic nitrogens is 2. The summed E-state index contributed by atoms with van der Waals surface area (Å²) < 4.78 is 13.2. The van der Waals surface area contributed by atoms with Gasteiger partial charge in [-0.25, -0.2) is 4.79 Å². The Morgan fingerprint density at radius 3 is 2.35 bits per heavy atom. The van der Waals surface area contributed by atoms with E-state index >= 15 is 0 Å². The molecule has 274 valence electrons. The van der Waals surface area contributed by atoms with Crippen molar-refractivity contribution in [1.82, 2.24) is 20.0 Å². The molecular formula is C40H53N5O6. The fourth-order valence-electron chi connectivity index (χ4n) is 10.4. The van der Waals surface area contributed by atoms with Crippen molar-refractivity contribution in [3.63, 3.8) is 0 Å². The van der Waals surface area contributed by atoms with E-state index in [1.54, 1.807) is 32.7 Å². The number of carbonyl (C=O) groups excluding carboxylic acids is 2. The van der Waals surface area contributed by atoms with E-state index in [0.717, 1.165) is 36.2 Å². The minimum atomic E-state index is -1.09. The molecule has 5 atom stereocenters. The summed E-state index contributed by atoms with van der Waals surface area (Å²) in [6.45, 7) is 10.9. The third-order valence-electron chi connectivity index (χ3n) is 11.8. The van der Waals surface area contributed by atoms with Gasteiger partial charge in [0, 0.05) is 47.4 Å². The van der Waals surface area contributed by atoms with Gasteiger partial charge in [-0.1, -0.05) is 39.8 Å². The van der Waals surface area contributed by atoms with Crippen LogP contribution in [-0.4, -0.2) is 77.1 Å². The molecule has 4 bridgehead atoms. The highest BCUT2D eigenvalue weighted by atomic mass is 16.5. The van der Waals surface area contributed by atoms with Crippen LogP contribution in [0.25, 0.3) is 0 Å². The van der Waals surface area contributed by atoms with Gasteiger partial charge in [-0.15, -0.1) is 0 Å². The largest absolute Gasteiger partial charge is 0.496 e. The first-order valence-electron chi connectivity index (χ1n) is 18.3. The number of carboxylic acids is 1. The first-order valence-corrected chi connectivity index (χ1v) is 18.3. The van der Waals surface area contributed by atoms with Gasteiger partial charge in [0.2, 0.25) is 5.91 Å². The van der Waals surface area contributed by atoms with Crippen LogP contribution in [0.4, 0.5) is 10.5 Å². The van der Waals surface area contributed by atoms with Crippen molar-refractivity contribution in [1.29, 1.82) is 0 Å². The standard InChI is InChI=1S/C40H53N5O6/c1-7-44(8-2)18-15-33(46)42-29-13-14-30(28(20-29)19-26(3)4)39-22-27-21-38(24-39,34-31(50-5)11-9-12-32(34)51-6)25-40(23-27,35(39)36(47)48)43-37(49)45-17-10-16-41-45/h9-14,16-17,20,26-27,35H,7-8,15,18-19,21-25H2,1-6H3,(H,42,46)(H,43,49)(H,47,48). The predicted octanol–water partition coefficient (Wildman–Crippen LogP) is 6.25. The highest BCUT2D eigenvalue weighted by molar-refractivity contribution is 5.91. The Labute approximate surface area is 301 Å². The number of aliphatic carboxylic acids is 1. The number of carboxylic acid groups (broad SMARTS) is 1. The molecule has 2 aromatic carbocycles. The second kappa shape index (κ2) is 14.3. The van der Waals surface area contributed by atoms with Gasteiger partial charge in [-0.3, -0.25) is 9.59 Å². The van der Waals surface area contributed by atoms with Gasteiger partial charge < -0.3 is 30.1 Å². The van der Waals surface area contributed by atoms with Crippen LogP contribution in [0, 0.1) is 17.8 Å². The van der Waals surface area contributed by atoms with Gasteiger partial charge in [-0.2, -0.15) is 9.78 Å². The molecule has 0 aliphatic heterocycles. The van der Waals surface area contributed by atoms with Gasteiger partial charge in [0.05, 0.1) is 25.7 Å². The van der Waals surface area contributed by atoms with Gasteiger partial charge in [0.1, 0.15) is 11.5 Å². The molecule has 0 spiro atoms. The van der Waals surface area contributed by atoms with Gasteiger partial charge in [0.25, 0.3) is 0 Å². The van der Waals surface area contributed by atoms with Crippen LogP contribution in [0.2, 0.25) is 0 Å². The van der Waals surface area contributed by atoms with Crippen molar-refractivity contribution < 1.29 is 29.0 Å². The quantitative estimate of drug-likeness (QED) is 0.180. The molecule has 2 amide bonds. The van der Waals surface area contributed by atoms with Crippen LogP contribution in [0.3, 0.4) is 0 Å². The van der Waals surface area contributed by atoms with E-state index < -0.39 is 34.3 Å². The molecular weight excluding hydrogens is 646 g/mol. The molecule has 4 saturated carbocycles. The van der Waals surface area contributed by atoms with Crippen molar-refractivity contribution in [2.24, 2.45) is 17.8 Å². The van der Waals surface area contributed by atoms with E-state index in [2.05, 4.69) is 54.4 Å². The molecule has 0 saturated heterocycles. The summed E-state index contributed by atoms with van der Waals surface area (Å²) in [6.07, 6.45) is 7.20. The lowest BCUT2D eigenvalue weighted by atomic mass is 9.35. The maximum Gasteiger partial charge on any atom is 0.342 e. The topological polar surface area (TPSA) is 135 Å². The van der Waals surface area contributed by atoms with Crippen LogP contribution in [-0.2, 0) is 26.8 Å². The van der Waals surface area contributed by atoms with E-state index in [1.165, 1.54) is 4.68 Å². The molecule has 1 heterocycles. The number of benzene rings is 2. The Balaban J connectivity index is 1.51. The summed E-state index contributed by atoms with van der Waals surface area (Å²) in [4.78, 5) is 43.1. The number of anilines is 1. The zero-order valence-corrected chi connectivity index (χ0v) is 30.8. The van der Waals surface area contributed by atoms with Crippen LogP contribution in [0.1, 0.15) is 82.9 Å². The number of rotatable bonds is 14. The molecule has 4 fully saturated rings. The summed E-state index contributed by atoms with van der Waals surface area (Å²) in [7, 11) is 3.30. The zero-order chi connectivity index (χ0) is 36.6. The minimum Gasteiger partial charge on any atom is -0.496 e. The molecule has 51 heavy (non-hydrogen) atoms. The van der Waals surface area contributed by atoms with Crippen LogP contribution in [0.5, 0.6) is 11.5 Å². The highest BCUT2D eigenvalue weighted by Crippen LogP contribution is 2.71. The fourth-order valence-corrected chi connectivity index (χ4v) is 10.4. The molecule has 5 unspecified atom stereocenters. The Hall–Kier alpha value is -4.38. The van der Waals surface area contributed by atoms with Gasteiger partial charge in [0.15, 0.2) is 0 Å². The molecule has 0 radical (unpaired) electrons. The normalized spacial score (nSPS) is 26.4. The molecule has 1 aromatic heterocycles. The number of carbonyl (C=O) groups is 3. The summed E-state index contributed by atoms with van der Waals surface area (Å²) in [5.74, 6) is -0.135. The molecule has 3 aromatic rings. The molecule has 4 aliphatic carbocycles. The minimum absolute atomic E-state index is 0.0501. The molecule has 7 rings (SSSR count). The van der Waals surface area contributed by atoms with E-state index in [0.29, 0.717) is 62.3 Å². The SMILES string of the molecule is CCN(CC)CCC(=O)Nc1ccc(C23CC4CC(c5c(OC)cccc5OC)(CC(NC(=O)n5cccn5)(C4)C2C(=O)O)C3)c(CC(C)C)c1. The molecule has 11 heteroatoms. The number of nitrogens with one attached hydrogen (secondary N) is 2. The van der Waals surface area contributed by atoms with Crippen molar-refractivity contribution >= 4 is 23.6 Å². The van der Waals surface area contributed by atoms with E-state index in [1.807, 2.05) is 30.3 Å². The summed E-state index contributed by atoms with van der Waals surface area (Å²) in [5, 5.41) is 21.9. The first kappa shape index (κ1) is 36.4. The molecule has 11 nitrogen and oxygen atoms in total. The van der Waals surface area contributed by atoms with Crippen LogP contribution in [0.15, 0.2) is 54.9 Å². The second-order valence-corrected chi connectivity index (χ2v) is 15.4. The van der Waals surface area contributed by atoms with Crippen LogP contribution >= 0.6 is 0 Å². The fraction of sp³-hybridized carbons (Fsp3) is 0.550. The van der Waals surface area contributed by atoms with Crippen molar-refractivity contribution in [3.05, 3.63) is 71.5 Å². The maximum atomic E-state index is 13.9. The van der Waals surface area contributed by atoms with Gasteiger partial charge in [-0.05, 0) is 105 Å². The predicted molar refractivity (Wildman–Crippen MR) is 196 cm³/mol. The lowest BCUT2D eigenvalue weighted by Gasteiger charge is -2.69. The number of amides is 2. The number of hydrogen-bond acceptors (Lipinski definition) is 7. The Bertz CT molecular complexity index is 1730.